The predicted molar refractivity (Wildman–Crippen MR) is 124 cm³/mol. The Balaban J connectivity index is 1.51. The van der Waals surface area contributed by atoms with E-state index in [4.69, 9.17) is 0 Å². The number of aromatic nitrogens is 4. The van der Waals surface area contributed by atoms with Crippen molar-refractivity contribution < 1.29 is 22.8 Å². The highest BCUT2D eigenvalue weighted by Gasteiger charge is 2.23. The highest BCUT2D eigenvalue weighted by atomic mass is 32.2. The van der Waals surface area contributed by atoms with Gasteiger partial charge in [0.1, 0.15) is 6.04 Å². The first-order valence-electron chi connectivity index (χ1n) is 10.6. The van der Waals surface area contributed by atoms with Crippen molar-refractivity contribution in [3.8, 4) is 0 Å². The van der Waals surface area contributed by atoms with Gasteiger partial charge in [0.25, 0.3) is 10.0 Å². The van der Waals surface area contributed by atoms with Gasteiger partial charge in [0, 0.05) is 43.2 Å². The van der Waals surface area contributed by atoms with E-state index in [1.807, 2.05) is 4.72 Å². The van der Waals surface area contributed by atoms with Crippen LogP contribution in [0, 0.1) is 6.92 Å². The molecule has 2 heterocycles. The molecule has 0 saturated carbocycles. The first-order valence-corrected chi connectivity index (χ1v) is 12.1. The number of benzene rings is 1. The van der Waals surface area contributed by atoms with Gasteiger partial charge in [0.2, 0.25) is 11.8 Å². The molecule has 1 aromatic carbocycles. The van der Waals surface area contributed by atoms with Crippen molar-refractivity contribution in [1.29, 1.82) is 0 Å². The Kier molecular flexibility index (Phi) is 8.56. The van der Waals surface area contributed by atoms with Gasteiger partial charge in [-0.2, -0.15) is 0 Å². The SMILES string of the molecule is Cc1ccc(S(=O)(=O)NC(=O)NCC(=O)N[C@@H](Cc2cnc[nH]2)C(=O)NCCc2cnc[nH]2)cc1. The van der Waals surface area contributed by atoms with E-state index in [0.29, 0.717) is 18.7 Å². The van der Waals surface area contributed by atoms with E-state index in [1.54, 1.807) is 25.3 Å². The van der Waals surface area contributed by atoms with Crippen molar-refractivity contribution in [2.45, 2.75) is 30.7 Å². The van der Waals surface area contributed by atoms with E-state index in [1.165, 1.54) is 31.0 Å². The number of carbonyl (C=O) groups is 3. The second-order valence-corrected chi connectivity index (χ2v) is 9.30. The number of aryl methyl sites for hydroxylation is 1. The molecular formula is C21H26N8O5S. The van der Waals surface area contributed by atoms with E-state index in [0.717, 1.165) is 11.3 Å². The Bertz CT molecular complexity index is 1230. The van der Waals surface area contributed by atoms with Crippen LogP contribution in [0.4, 0.5) is 4.79 Å². The van der Waals surface area contributed by atoms with Crippen molar-refractivity contribution in [1.82, 2.24) is 40.6 Å². The zero-order chi connectivity index (χ0) is 25.3. The molecule has 6 N–H and O–H groups in total. The van der Waals surface area contributed by atoms with Crippen molar-refractivity contribution >= 4 is 27.9 Å². The second-order valence-electron chi connectivity index (χ2n) is 7.62. The summed E-state index contributed by atoms with van der Waals surface area (Å²) in [4.78, 5) is 50.6. The maximum atomic E-state index is 12.7. The lowest BCUT2D eigenvalue weighted by atomic mass is 10.1. The quantitative estimate of drug-likeness (QED) is 0.204. The second kappa shape index (κ2) is 11.8. The van der Waals surface area contributed by atoms with Crippen molar-refractivity contribution in [2.24, 2.45) is 0 Å². The molecule has 2 aromatic heterocycles. The Labute approximate surface area is 201 Å². The van der Waals surface area contributed by atoms with E-state index < -0.39 is 40.5 Å². The standard InChI is InChI=1S/C21H26N8O5S/c1-14-2-4-17(5-3-14)35(33,34)29-21(32)25-11-19(30)28-18(8-16-10-23-13-27-16)20(31)24-7-6-15-9-22-12-26-15/h2-5,9-10,12-13,18H,6-8,11H2,1H3,(H,22,26)(H,23,27)(H,24,31)(H,28,30)(H2,25,29,32)/t18-/m0/s1. The maximum Gasteiger partial charge on any atom is 0.329 e. The fourth-order valence-electron chi connectivity index (χ4n) is 3.03. The molecule has 0 spiro atoms. The number of nitrogens with one attached hydrogen (secondary N) is 6. The average molecular weight is 503 g/mol. The molecule has 0 aliphatic rings. The Morgan fingerprint density at radius 3 is 2.26 bits per heavy atom. The van der Waals surface area contributed by atoms with Gasteiger partial charge >= 0.3 is 6.03 Å². The summed E-state index contributed by atoms with van der Waals surface area (Å²) >= 11 is 0. The third-order valence-corrected chi connectivity index (χ3v) is 6.19. The number of nitrogens with zero attached hydrogens (tertiary/aromatic N) is 2. The summed E-state index contributed by atoms with van der Waals surface area (Å²) in [6.45, 7) is 1.57. The van der Waals surface area contributed by atoms with Crippen molar-refractivity contribution in [2.75, 3.05) is 13.1 Å². The van der Waals surface area contributed by atoms with Gasteiger partial charge in [-0.25, -0.2) is 27.9 Å². The Morgan fingerprint density at radius 2 is 1.63 bits per heavy atom. The molecule has 0 radical (unpaired) electrons. The van der Waals surface area contributed by atoms with E-state index in [2.05, 4.69) is 35.9 Å². The van der Waals surface area contributed by atoms with Crippen LogP contribution in [0.2, 0.25) is 0 Å². The monoisotopic (exact) mass is 502 g/mol. The molecule has 4 amide bonds. The van der Waals surface area contributed by atoms with Gasteiger partial charge < -0.3 is 25.9 Å². The normalized spacial score (nSPS) is 11.9. The first kappa shape index (κ1) is 25.4. The summed E-state index contributed by atoms with van der Waals surface area (Å²) in [6.07, 6.45) is 6.81. The van der Waals surface area contributed by atoms with Gasteiger partial charge in [-0.3, -0.25) is 9.59 Å². The molecule has 0 fully saturated rings. The zero-order valence-electron chi connectivity index (χ0n) is 18.9. The summed E-state index contributed by atoms with van der Waals surface area (Å²) in [6, 6.07) is 3.89. The van der Waals surface area contributed by atoms with Crippen LogP contribution < -0.4 is 20.7 Å². The van der Waals surface area contributed by atoms with E-state index in [-0.39, 0.29) is 11.3 Å². The van der Waals surface area contributed by atoms with Crippen LogP contribution in [0.3, 0.4) is 0 Å². The summed E-state index contributed by atoms with van der Waals surface area (Å²) < 4.78 is 26.4. The van der Waals surface area contributed by atoms with Gasteiger partial charge in [-0.1, -0.05) is 17.7 Å². The molecule has 1 atom stereocenters. The third-order valence-electron chi connectivity index (χ3n) is 4.85. The largest absolute Gasteiger partial charge is 0.354 e. The lowest BCUT2D eigenvalue weighted by Gasteiger charge is -2.18. The zero-order valence-corrected chi connectivity index (χ0v) is 19.7. The van der Waals surface area contributed by atoms with Crippen molar-refractivity contribution in [3.63, 3.8) is 0 Å². The number of hydrogen-bond donors (Lipinski definition) is 6. The lowest BCUT2D eigenvalue weighted by Crippen LogP contribution is -2.51. The summed E-state index contributed by atoms with van der Waals surface area (Å²) in [5, 5.41) is 7.47. The number of imidazole rings is 2. The topological polar surface area (TPSA) is 191 Å². The number of aromatic amines is 2. The van der Waals surface area contributed by atoms with Gasteiger partial charge in [0.15, 0.2) is 0 Å². The number of rotatable bonds is 11. The number of carbonyl (C=O) groups excluding carboxylic acids is 3. The highest BCUT2D eigenvalue weighted by molar-refractivity contribution is 7.90. The number of amides is 4. The summed E-state index contributed by atoms with van der Waals surface area (Å²) in [7, 11) is -4.10. The molecule has 35 heavy (non-hydrogen) atoms. The van der Waals surface area contributed by atoms with Crippen LogP contribution in [0.15, 0.2) is 54.2 Å². The summed E-state index contributed by atoms with van der Waals surface area (Å²) in [5.41, 5.74) is 2.32. The fraction of sp³-hybridized carbons (Fsp3) is 0.286. The fourth-order valence-corrected chi connectivity index (χ4v) is 3.96. The Hall–Kier alpha value is -4.20. The molecule has 0 saturated heterocycles. The molecule has 0 bridgehead atoms. The molecule has 14 heteroatoms. The minimum Gasteiger partial charge on any atom is -0.354 e. The minimum absolute atomic E-state index is 0.0888. The van der Waals surface area contributed by atoms with Crippen LogP contribution in [-0.2, 0) is 32.5 Å². The first-order chi connectivity index (χ1) is 16.7. The van der Waals surface area contributed by atoms with Crippen molar-refractivity contribution in [3.05, 3.63) is 66.3 Å². The number of urea groups is 1. The molecule has 13 nitrogen and oxygen atoms in total. The minimum atomic E-state index is -4.10. The maximum absolute atomic E-state index is 12.7. The van der Waals surface area contributed by atoms with Crippen LogP contribution in [0.1, 0.15) is 17.0 Å². The average Bonchev–Trinajstić information content (AvgIpc) is 3.52. The smallest absolute Gasteiger partial charge is 0.329 e. The highest BCUT2D eigenvalue weighted by Crippen LogP contribution is 2.09. The van der Waals surface area contributed by atoms with Crippen LogP contribution in [0.5, 0.6) is 0 Å². The third kappa shape index (κ3) is 7.96. The van der Waals surface area contributed by atoms with Gasteiger partial charge in [0.05, 0.1) is 24.1 Å². The number of H-pyrrole nitrogens is 2. The molecule has 3 aromatic rings. The van der Waals surface area contributed by atoms with Crippen LogP contribution in [-0.4, -0.2) is 65.3 Å². The van der Waals surface area contributed by atoms with Gasteiger partial charge in [-0.15, -0.1) is 0 Å². The summed E-state index contributed by atoms with van der Waals surface area (Å²) in [5.74, 6) is -1.11. The number of sulfonamides is 1. The van der Waals surface area contributed by atoms with E-state index in [9.17, 15) is 22.8 Å². The predicted octanol–water partition coefficient (Wildman–Crippen LogP) is -0.484. The van der Waals surface area contributed by atoms with Crippen LogP contribution in [0.25, 0.3) is 0 Å². The molecule has 0 unspecified atom stereocenters. The molecule has 3 rings (SSSR count). The molecule has 0 aliphatic heterocycles. The van der Waals surface area contributed by atoms with Crippen LogP contribution >= 0.6 is 0 Å². The number of hydrogen-bond acceptors (Lipinski definition) is 7. The molecule has 0 aliphatic carbocycles. The lowest BCUT2D eigenvalue weighted by molar-refractivity contribution is -0.128. The van der Waals surface area contributed by atoms with Gasteiger partial charge in [-0.05, 0) is 19.1 Å². The molecular weight excluding hydrogens is 476 g/mol. The molecule has 186 valence electrons. The Morgan fingerprint density at radius 1 is 0.971 bits per heavy atom. The van der Waals surface area contributed by atoms with E-state index >= 15 is 0 Å².